The summed E-state index contributed by atoms with van der Waals surface area (Å²) in [5.41, 5.74) is 3.40. The van der Waals surface area contributed by atoms with Crippen molar-refractivity contribution in [2.75, 3.05) is 0 Å². The Kier molecular flexibility index (Phi) is 3.46. The molecular formula is C24H17NO. The van der Waals surface area contributed by atoms with E-state index in [0.717, 1.165) is 11.0 Å². The lowest BCUT2D eigenvalue weighted by atomic mass is 10.1. The zero-order chi connectivity index (χ0) is 17.3. The maximum absolute atomic E-state index is 5.12. The average Bonchev–Trinajstić information content (AvgIpc) is 3.33. The molecule has 0 spiro atoms. The fourth-order valence-electron chi connectivity index (χ4n) is 3.50. The predicted octanol–water partition coefficient (Wildman–Crippen LogP) is 6.91. The third kappa shape index (κ3) is 2.44. The molecule has 26 heavy (non-hydrogen) atoms. The average molecular weight is 335 g/mol. The first kappa shape index (κ1) is 14.8. The molecule has 0 amide bonds. The van der Waals surface area contributed by atoms with Crippen molar-refractivity contribution in [3.8, 4) is 0 Å². The van der Waals surface area contributed by atoms with Crippen molar-refractivity contribution in [1.82, 2.24) is 4.98 Å². The number of nitrogens with one attached hydrogen (secondary N) is 1. The quantitative estimate of drug-likeness (QED) is 0.321. The Morgan fingerprint density at radius 2 is 1.27 bits per heavy atom. The van der Waals surface area contributed by atoms with Crippen molar-refractivity contribution in [2.45, 2.75) is 0 Å². The van der Waals surface area contributed by atoms with Crippen molar-refractivity contribution in [3.05, 3.63) is 97.3 Å². The Morgan fingerprint density at radius 1 is 0.538 bits per heavy atom. The van der Waals surface area contributed by atoms with Gasteiger partial charge >= 0.3 is 0 Å². The van der Waals surface area contributed by atoms with Crippen molar-refractivity contribution in [3.63, 3.8) is 0 Å². The minimum Gasteiger partial charge on any atom is -0.464 e. The van der Waals surface area contributed by atoms with Gasteiger partial charge in [-0.15, -0.1) is 0 Å². The van der Waals surface area contributed by atoms with Crippen LogP contribution in [-0.4, -0.2) is 4.98 Å². The fraction of sp³-hybridized carbons (Fsp3) is 0. The highest BCUT2D eigenvalue weighted by atomic mass is 16.3. The van der Waals surface area contributed by atoms with E-state index in [0.29, 0.717) is 0 Å². The minimum atomic E-state index is 0.956. The van der Waals surface area contributed by atoms with E-state index in [4.69, 9.17) is 4.42 Å². The Balaban J connectivity index is 0.000000141. The molecule has 0 fully saturated rings. The normalized spacial score (nSPS) is 11.1. The van der Waals surface area contributed by atoms with Crippen molar-refractivity contribution in [1.29, 1.82) is 0 Å². The number of rotatable bonds is 0. The van der Waals surface area contributed by atoms with E-state index in [1.807, 2.05) is 30.3 Å². The summed E-state index contributed by atoms with van der Waals surface area (Å²) in [4.78, 5) is 3.52. The molecule has 0 unspecified atom stereocenters. The number of para-hydroxylation sites is 2. The molecule has 0 aliphatic carbocycles. The molecule has 0 radical (unpaired) electrons. The number of benzene rings is 4. The molecule has 0 aliphatic rings. The van der Waals surface area contributed by atoms with E-state index >= 15 is 0 Å². The Bertz CT molecular complexity index is 1310. The Hall–Kier alpha value is -3.52. The summed E-state index contributed by atoms with van der Waals surface area (Å²) < 4.78 is 5.12. The Labute approximate surface area is 150 Å². The lowest BCUT2D eigenvalue weighted by Crippen LogP contribution is -1.74. The second-order valence-electron chi connectivity index (χ2n) is 6.34. The highest BCUT2D eigenvalue weighted by Crippen LogP contribution is 2.30. The van der Waals surface area contributed by atoms with Crippen LogP contribution in [0.2, 0.25) is 0 Å². The van der Waals surface area contributed by atoms with Crippen LogP contribution in [0.4, 0.5) is 0 Å². The molecule has 0 atom stereocenters. The van der Waals surface area contributed by atoms with Crippen LogP contribution in [0.5, 0.6) is 0 Å². The topological polar surface area (TPSA) is 28.9 Å². The summed E-state index contributed by atoms with van der Waals surface area (Å²) in [5.74, 6) is 0. The van der Waals surface area contributed by atoms with Crippen LogP contribution in [0.3, 0.4) is 0 Å². The van der Waals surface area contributed by atoms with Crippen LogP contribution in [-0.2, 0) is 0 Å². The zero-order valence-electron chi connectivity index (χ0n) is 14.1. The molecule has 2 heteroatoms. The molecule has 0 aliphatic heterocycles. The molecule has 2 nitrogen and oxygen atoms in total. The number of aromatic amines is 1. The van der Waals surface area contributed by atoms with Gasteiger partial charge in [0.15, 0.2) is 0 Å². The number of fused-ring (bicyclic) bond motifs is 6. The first-order chi connectivity index (χ1) is 12.9. The van der Waals surface area contributed by atoms with Gasteiger partial charge < -0.3 is 9.40 Å². The summed E-state index contributed by atoms with van der Waals surface area (Å²) in [6.45, 7) is 0. The van der Waals surface area contributed by atoms with E-state index in [1.54, 1.807) is 6.26 Å². The van der Waals surface area contributed by atoms with Gasteiger partial charge in [-0.2, -0.15) is 0 Å². The Morgan fingerprint density at radius 3 is 2.15 bits per heavy atom. The smallest absolute Gasteiger partial charge is 0.133 e. The summed E-state index contributed by atoms with van der Waals surface area (Å²) in [6.07, 6.45) is 1.70. The van der Waals surface area contributed by atoms with E-state index in [9.17, 15) is 0 Å². The van der Waals surface area contributed by atoms with Crippen LogP contribution in [0.15, 0.2) is 102 Å². The van der Waals surface area contributed by atoms with Gasteiger partial charge in [0, 0.05) is 27.1 Å². The van der Waals surface area contributed by atoms with Crippen LogP contribution in [0, 0.1) is 0 Å². The molecule has 0 bridgehead atoms. The van der Waals surface area contributed by atoms with Crippen molar-refractivity contribution in [2.24, 2.45) is 0 Å². The maximum Gasteiger partial charge on any atom is 0.133 e. The second kappa shape index (κ2) is 6.08. The van der Waals surface area contributed by atoms with Gasteiger partial charge in [-0.3, -0.25) is 0 Å². The summed E-state index contributed by atoms with van der Waals surface area (Å²) >= 11 is 0. The maximum atomic E-state index is 5.12. The summed E-state index contributed by atoms with van der Waals surface area (Å²) in [6, 6.07) is 31.2. The van der Waals surface area contributed by atoms with Gasteiger partial charge in [0.05, 0.1) is 11.8 Å². The molecule has 6 rings (SSSR count). The van der Waals surface area contributed by atoms with Gasteiger partial charge in [-0.05, 0) is 23.6 Å². The first-order valence-corrected chi connectivity index (χ1v) is 8.70. The molecule has 124 valence electrons. The summed E-state index contributed by atoms with van der Waals surface area (Å²) in [5, 5.41) is 6.35. The lowest BCUT2D eigenvalue weighted by molar-refractivity contribution is 0.616. The van der Waals surface area contributed by atoms with E-state index in [1.165, 1.54) is 32.6 Å². The molecular weight excluding hydrogens is 318 g/mol. The van der Waals surface area contributed by atoms with Gasteiger partial charge in [0.25, 0.3) is 0 Å². The van der Waals surface area contributed by atoms with Crippen LogP contribution >= 0.6 is 0 Å². The molecule has 1 N–H and O–H groups in total. The standard InChI is InChI=1S/C16H11N.C8H6O/c1-2-6-12-11(5-1)9-10-14-13-7-3-4-8-15(13)17-16(12)14;1-2-4-8-7(3-1)5-6-9-8/h1-10,17H;1-6H. The van der Waals surface area contributed by atoms with E-state index in [2.05, 4.69) is 65.6 Å². The van der Waals surface area contributed by atoms with Gasteiger partial charge in [0.1, 0.15) is 5.58 Å². The monoisotopic (exact) mass is 335 g/mol. The number of H-pyrrole nitrogens is 1. The first-order valence-electron chi connectivity index (χ1n) is 8.70. The van der Waals surface area contributed by atoms with E-state index in [-0.39, 0.29) is 0 Å². The van der Waals surface area contributed by atoms with Crippen molar-refractivity contribution >= 4 is 43.5 Å². The number of furan rings is 1. The highest BCUT2D eigenvalue weighted by molar-refractivity contribution is 6.16. The van der Waals surface area contributed by atoms with Gasteiger partial charge in [-0.1, -0.05) is 72.8 Å². The number of hydrogen-bond acceptors (Lipinski definition) is 1. The SMILES string of the molecule is c1ccc2c(c1)ccc1c3ccccc3[nH]c21.c1ccc2occc2c1. The third-order valence-corrected chi connectivity index (χ3v) is 4.77. The second-order valence-corrected chi connectivity index (χ2v) is 6.34. The van der Waals surface area contributed by atoms with Gasteiger partial charge in [0.2, 0.25) is 0 Å². The van der Waals surface area contributed by atoms with Crippen LogP contribution < -0.4 is 0 Å². The molecule has 2 heterocycles. The number of aromatic nitrogens is 1. The lowest BCUT2D eigenvalue weighted by Gasteiger charge is -1.98. The largest absolute Gasteiger partial charge is 0.464 e. The minimum absolute atomic E-state index is 0.956. The van der Waals surface area contributed by atoms with E-state index < -0.39 is 0 Å². The molecule has 4 aromatic carbocycles. The van der Waals surface area contributed by atoms with Crippen LogP contribution in [0.1, 0.15) is 0 Å². The van der Waals surface area contributed by atoms with Crippen LogP contribution in [0.25, 0.3) is 43.5 Å². The zero-order valence-corrected chi connectivity index (χ0v) is 14.1. The highest BCUT2D eigenvalue weighted by Gasteiger charge is 2.05. The molecule has 2 aromatic heterocycles. The number of hydrogen-bond donors (Lipinski definition) is 1. The third-order valence-electron chi connectivity index (χ3n) is 4.77. The fourth-order valence-corrected chi connectivity index (χ4v) is 3.50. The van der Waals surface area contributed by atoms with Crippen molar-refractivity contribution < 1.29 is 4.42 Å². The molecule has 6 aromatic rings. The molecule has 0 saturated heterocycles. The summed E-state index contributed by atoms with van der Waals surface area (Å²) in [7, 11) is 0. The van der Waals surface area contributed by atoms with Gasteiger partial charge in [-0.25, -0.2) is 0 Å². The predicted molar refractivity (Wildman–Crippen MR) is 110 cm³/mol. The molecule has 0 saturated carbocycles.